The Bertz CT molecular complexity index is 454. The molecule has 0 aliphatic rings. The van der Waals surface area contributed by atoms with E-state index >= 15 is 0 Å². The van der Waals surface area contributed by atoms with Crippen LogP contribution in [0.4, 0.5) is 0 Å². The Morgan fingerprint density at radius 1 is 1.47 bits per heavy atom. The molecule has 0 aromatic carbocycles. The Balaban J connectivity index is 2.79. The van der Waals surface area contributed by atoms with Crippen LogP contribution in [0.2, 0.25) is 0 Å². The van der Waals surface area contributed by atoms with Gasteiger partial charge < -0.3 is 0 Å². The normalized spacial score (nSPS) is 12.6. The van der Waals surface area contributed by atoms with Gasteiger partial charge in [-0.1, -0.05) is 13.8 Å². The van der Waals surface area contributed by atoms with Gasteiger partial charge in [-0.15, -0.1) is 22.9 Å². The number of hydrogen-bond donors (Lipinski definition) is 0. The third-order valence-electron chi connectivity index (χ3n) is 2.47. The highest BCUT2D eigenvalue weighted by Crippen LogP contribution is 2.24. The molecule has 0 N–H and O–H groups in total. The van der Waals surface area contributed by atoms with Crippen molar-refractivity contribution in [3.05, 3.63) is 17.0 Å². The zero-order chi connectivity index (χ0) is 13.1. The molecular weight excluding hydrogens is 278 g/mol. The highest BCUT2D eigenvalue weighted by atomic mass is 35.5. The summed E-state index contributed by atoms with van der Waals surface area (Å²) >= 11 is 6.90. The van der Waals surface area contributed by atoms with E-state index in [1.54, 1.807) is 18.5 Å². The molecule has 0 fully saturated rings. The van der Waals surface area contributed by atoms with Crippen LogP contribution < -0.4 is 0 Å². The highest BCUT2D eigenvalue weighted by Gasteiger charge is 2.22. The van der Waals surface area contributed by atoms with Crippen molar-refractivity contribution in [2.24, 2.45) is 5.92 Å². The standard InChI is InChI=1S/C11H18ClNO2S2/c1-9(2)4-5-13(3)17(14,15)11-6-10(7-12)8-16-11/h6,8-9H,4-5,7H2,1-3H3. The third kappa shape index (κ3) is 3.95. The smallest absolute Gasteiger partial charge is 0.206 e. The van der Waals surface area contributed by atoms with Gasteiger partial charge in [0.15, 0.2) is 0 Å². The summed E-state index contributed by atoms with van der Waals surface area (Å²) < 4.78 is 26.1. The van der Waals surface area contributed by atoms with E-state index in [2.05, 4.69) is 13.8 Å². The lowest BCUT2D eigenvalue weighted by Crippen LogP contribution is -2.28. The maximum Gasteiger partial charge on any atom is 0.252 e. The third-order valence-corrected chi connectivity index (χ3v) is 6.10. The average Bonchev–Trinajstić information content (AvgIpc) is 2.74. The van der Waals surface area contributed by atoms with E-state index in [4.69, 9.17) is 11.6 Å². The molecule has 3 nitrogen and oxygen atoms in total. The minimum Gasteiger partial charge on any atom is -0.206 e. The SMILES string of the molecule is CC(C)CCN(C)S(=O)(=O)c1cc(CCl)cs1. The van der Waals surface area contributed by atoms with E-state index in [1.165, 1.54) is 15.6 Å². The van der Waals surface area contributed by atoms with Crippen molar-refractivity contribution in [1.82, 2.24) is 4.31 Å². The maximum absolute atomic E-state index is 12.2. The number of nitrogens with zero attached hydrogens (tertiary/aromatic N) is 1. The van der Waals surface area contributed by atoms with Gasteiger partial charge in [-0.05, 0) is 29.3 Å². The van der Waals surface area contributed by atoms with Gasteiger partial charge in [0.05, 0.1) is 0 Å². The Kier molecular flexibility index (Phi) is 5.44. The topological polar surface area (TPSA) is 37.4 Å². The molecular formula is C11H18ClNO2S2. The first-order chi connectivity index (χ1) is 7.87. The lowest BCUT2D eigenvalue weighted by Gasteiger charge is -2.16. The zero-order valence-electron chi connectivity index (χ0n) is 10.3. The molecule has 1 aromatic heterocycles. The van der Waals surface area contributed by atoms with Crippen LogP contribution in [-0.2, 0) is 15.9 Å². The fourth-order valence-corrected chi connectivity index (χ4v) is 4.12. The van der Waals surface area contributed by atoms with Crippen LogP contribution in [0.1, 0.15) is 25.8 Å². The van der Waals surface area contributed by atoms with Crippen LogP contribution in [0, 0.1) is 5.92 Å². The molecule has 6 heteroatoms. The molecule has 1 heterocycles. The van der Waals surface area contributed by atoms with Gasteiger partial charge in [-0.25, -0.2) is 12.7 Å². The number of sulfonamides is 1. The van der Waals surface area contributed by atoms with Crippen molar-refractivity contribution in [2.75, 3.05) is 13.6 Å². The summed E-state index contributed by atoms with van der Waals surface area (Å²) in [5.74, 6) is 0.844. The van der Waals surface area contributed by atoms with Crippen LogP contribution in [0.5, 0.6) is 0 Å². The van der Waals surface area contributed by atoms with Crippen molar-refractivity contribution >= 4 is 33.0 Å². The molecule has 1 aromatic rings. The largest absolute Gasteiger partial charge is 0.252 e. The second-order valence-electron chi connectivity index (χ2n) is 4.42. The summed E-state index contributed by atoms with van der Waals surface area (Å²) in [6, 6.07) is 1.65. The summed E-state index contributed by atoms with van der Waals surface area (Å²) in [4.78, 5) is 0. The van der Waals surface area contributed by atoms with Crippen molar-refractivity contribution < 1.29 is 8.42 Å². The van der Waals surface area contributed by atoms with Gasteiger partial charge in [-0.2, -0.15) is 0 Å². The quantitative estimate of drug-likeness (QED) is 0.756. The monoisotopic (exact) mass is 295 g/mol. The minimum absolute atomic E-state index is 0.349. The first-order valence-electron chi connectivity index (χ1n) is 5.47. The van der Waals surface area contributed by atoms with Gasteiger partial charge >= 0.3 is 0 Å². The number of hydrogen-bond acceptors (Lipinski definition) is 3. The van der Waals surface area contributed by atoms with E-state index in [9.17, 15) is 8.42 Å². The van der Waals surface area contributed by atoms with E-state index in [0.717, 1.165) is 12.0 Å². The summed E-state index contributed by atoms with van der Waals surface area (Å²) in [5, 5.41) is 1.79. The Morgan fingerprint density at radius 3 is 2.59 bits per heavy atom. The van der Waals surface area contributed by atoms with Crippen LogP contribution in [-0.4, -0.2) is 26.3 Å². The van der Waals surface area contributed by atoms with Crippen molar-refractivity contribution in [1.29, 1.82) is 0 Å². The fourth-order valence-electron chi connectivity index (χ4n) is 1.27. The Hall–Kier alpha value is -0.100. The molecule has 0 amide bonds. The summed E-state index contributed by atoms with van der Waals surface area (Å²) in [7, 11) is -1.71. The van der Waals surface area contributed by atoms with Crippen molar-refractivity contribution in [3.8, 4) is 0 Å². The molecule has 0 aliphatic heterocycles. The predicted molar refractivity (Wildman–Crippen MR) is 73.1 cm³/mol. The molecule has 17 heavy (non-hydrogen) atoms. The second kappa shape index (κ2) is 6.18. The van der Waals surface area contributed by atoms with Gasteiger partial charge in [0.2, 0.25) is 0 Å². The van der Waals surface area contributed by atoms with Gasteiger partial charge in [-0.3, -0.25) is 0 Å². The summed E-state index contributed by atoms with van der Waals surface area (Å²) in [6.45, 7) is 4.71. The minimum atomic E-state index is -3.33. The van der Waals surface area contributed by atoms with Crippen LogP contribution in [0.3, 0.4) is 0 Å². The molecule has 0 atom stereocenters. The van der Waals surface area contributed by atoms with E-state index in [-0.39, 0.29) is 0 Å². The molecule has 0 saturated heterocycles. The Labute approximate surface area is 112 Å². The molecule has 0 spiro atoms. The molecule has 1 rings (SSSR count). The lowest BCUT2D eigenvalue weighted by atomic mass is 10.1. The first-order valence-corrected chi connectivity index (χ1v) is 8.33. The highest BCUT2D eigenvalue weighted by molar-refractivity contribution is 7.91. The fraction of sp³-hybridized carbons (Fsp3) is 0.636. The second-order valence-corrected chi connectivity index (χ2v) is 7.87. The molecule has 0 unspecified atom stereocenters. The van der Waals surface area contributed by atoms with Gasteiger partial charge in [0.25, 0.3) is 10.0 Å². The van der Waals surface area contributed by atoms with Crippen molar-refractivity contribution in [2.45, 2.75) is 30.4 Å². The van der Waals surface area contributed by atoms with Crippen LogP contribution in [0.25, 0.3) is 0 Å². The van der Waals surface area contributed by atoms with Crippen LogP contribution in [0.15, 0.2) is 15.7 Å². The van der Waals surface area contributed by atoms with Crippen LogP contribution >= 0.6 is 22.9 Å². The number of alkyl halides is 1. The molecule has 98 valence electrons. The molecule has 0 aliphatic carbocycles. The molecule has 0 radical (unpaired) electrons. The van der Waals surface area contributed by atoms with E-state index in [1.807, 2.05) is 0 Å². The van der Waals surface area contributed by atoms with E-state index in [0.29, 0.717) is 22.6 Å². The maximum atomic E-state index is 12.2. The van der Waals surface area contributed by atoms with Crippen molar-refractivity contribution in [3.63, 3.8) is 0 Å². The average molecular weight is 296 g/mol. The lowest BCUT2D eigenvalue weighted by molar-refractivity contribution is 0.429. The Morgan fingerprint density at radius 2 is 2.12 bits per heavy atom. The number of thiophene rings is 1. The zero-order valence-corrected chi connectivity index (χ0v) is 12.7. The predicted octanol–water partition coefficient (Wildman–Crippen LogP) is 3.15. The number of rotatable bonds is 6. The summed E-state index contributed by atoms with van der Waals surface area (Å²) in [5.41, 5.74) is 0.854. The molecule has 0 saturated carbocycles. The molecule has 0 bridgehead atoms. The first kappa shape index (κ1) is 15.0. The van der Waals surface area contributed by atoms with E-state index < -0.39 is 10.0 Å². The van der Waals surface area contributed by atoms with Gasteiger partial charge in [0.1, 0.15) is 4.21 Å². The summed E-state index contributed by atoms with van der Waals surface area (Å²) in [6.07, 6.45) is 0.865. The number of halogens is 1. The van der Waals surface area contributed by atoms with Gasteiger partial charge in [0, 0.05) is 19.5 Å².